The molecule has 1 unspecified atom stereocenters. The Bertz CT molecular complexity index is 487. The van der Waals surface area contributed by atoms with Crippen LogP contribution in [0, 0.1) is 6.92 Å². The molecule has 0 aromatic carbocycles. The van der Waals surface area contributed by atoms with Crippen molar-refractivity contribution in [2.24, 2.45) is 0 Å². The van der Waals surface area contributed by atoms with E-state index in [0.717, 1.165) is 0 Å². The first kappa shape index (κ1) is 14.7. The van der Waals surface area contributed by atoms with Crippen molar-refractivity contribution in [2.45, 2.75) is 19.9 Å². The lowest BCUT2D eigenvalue weighted by molar-refractivity contribution is -0.124. The number of methoxy groups -OCH3 is 1. The molecule has 0 aliphatic carbocycles. The number of aryl methyl sites for hydroxylation is 1. The standard InChI is InChI=1S/C11H16ClN3O3/c1-7(11(17)13-4-5-18-3)15-8(2)14-9(12)6-10(15)16/h6-7H,4-5H2,1-3H3,(H,13,17). The highest BCUT2D eigenvalue weighted by Crippen LogP contribution is 2.08. The summed E-state index contributed by atoms with van der Waals surface area (Å²) in [6.07, 6.45) is 0. The van der Waals surface area contributed by atoms with E-state index in [-0.39, 0.29) is 16.6 Å². The van der Waals surface area contributed by atoms with Gasteiger partial charge < -0.3 is 10.1 Å². The highest BCUT2D eigenvalue weighted by Gasteiger charge is 2.18. The number of hydrogen-bond acceptors (Lipinski definition) is 4. The Morgan fingerprint density at radius 3 is 2.89 bits per heavy atom. The topological polar surface area (TPSA) is 73.2 Å². The van der Waals surface area contributed by atoms with Gasteiger partial charge in [0.2, 0.25) is 5.91 Å². The van der Waals surface area contributed by atoms with Crippen LogP contribution in [0.25, 0.3) is 0 Å². The van der Waals surface area contributed by atoms with Crippen LogP contribution in [0.2, 0.25) is 5.15 Å². The molecule has 1 rings (SSSR count). The smallest absolute Gasteiger partial charge is 0.255 e. The maximum atomic E-state index is 11.8. The van der Waals surface area contributed by atoms with E-state index < -0.39 is 6.04 Å². The largest absolute Gasteiger partial charge is 0.383 e. The average Bonchev–Trinajstić information content (AvgIpc) is 2.27. The first-order valence-electron chi connectivity index (χ1n) is 5.49. The van der Waals surface area contributed by atoms with Gasteiger partial charge in [-0.05, 0) is 13.8 Å². The van der Waals surface area contributed by atoms with E-state index >= 15 is 0 Å². The molecule has 1 atom stereocenters. The van der Waals surface area contributed by atoms with Crippen molar-refractivity contribution in [1.82, 2.24) is 14.9 Å². The molecule has 1 heterocycles. The van der Waals surface area contributed by atoms with Crippen LogP contribution in [0.1, 0.15) is 18.8 Å². The van der Waals surface area contributed by atoms with E-state index in [1.54, 1.807) is 21.0 Å². The van der Waals surface area contributed by atoms with Crippen molar-refractivity contribution >= 4 is 17.5 Å². The van der Waals surface area contributed by atoms with Gasteiger partial charge in [0.15, 0.2) is 0 Å². The number of nitrogens with one attached hydrogen (secondary N) is 1. The van der Waals surface area contributed by atoms with Gasteiger partial charge in [0.05, 0.1) is 6.61 Å². The number of halogens is 1. The molecule has 0 bridgehead atoms. The van der Waals surface area contributed by atoms with Crippen molar-refractivity contribution in [1.29, 1.82) is 0 Å². The number of carbonyl (C=O) groups excluding carboxylic acids is 1. The van der Waals surface area contributed by atoms with Crippen LogP contribution >= 0.6 is 11.6 Å². The Morgan fingerprint density at radius 2 is 2.33 bits per heavy atom. The first-order valence-corrected chi connectivity index (χ1v) is 5.87. The van der Waals surface area contributed by atoms with E-state index in [1.807, 2.05) is 0 Å². The maximum Gasteiger partial charge on any atom is 0.255 e. The third-order valence-electron chi connectivity index (χ3n) is 2.47. The van der Waals surface area contributed by atoms with Gasteiger partial charge in [-0.3, -0.25) is 14.2 Å². The summed E-state index contributed by atoms with van der Waals surface area (Å²) < 4.78 is 6.13. The fourth-order valence-electron chi connectivity index (χ4n) is 1.58. The van der Waals surface area contributed by atoms with Crippen LogP contribution in [-0.2, 0) is 9.53 Å². The maximum absolute atomic E-state index is 11.8. The van der Waals surface area contributed by atoms with Gasteiger partial charge in [0.25, 0.3) is 5.56 Å². The number of nitrogens with zero attached hydrogens (tertiary/aromatic N) is 2. The molecule has 0 aliphatic rings. The molecular weight excluding hydrogens is 258 g/mol. The minimum Gasteiger partial charge on any atom is -0.383 e. The summed E-state index contributed by atoms with van der Waals surface area (Å²) in [5.74, 6) is 0.142. The fraction of sp³-hybridized carbons (Fsp3) is 0.545. The molecule has 0 saturated carbocycles. The van der Waals surface area contributed by atoms with Crippen LogP contribution in [-0.4, -0.2) is 35.7 Å². The molecule has 0 radical (unpaired) electrons. The summed E-state index contributed by atoms with van der Waals surface area (Å²) in [5.41, 5.74) is -0.345. The molecule has 6 nitrogen and oxygen atoms in total. The second-order valence-electron chi connectivity index (χ2n) is 3.79. The van der Waals surface area contributed by atoms with Gasteiger partial charge >= 0.3 is 0 Å². The number of hydrogen-bond donors (Lipinski definition) is 1. The predicted octanol–water partition coefficient (Wildman–Crippen LogP) is 0.529. The Morgan fingerprint density at radius 1 is 1.67 bits per heavy atom. The number of rotatable bonds is 5. The molecule has 0 fully saturated rings. The fourth-order valence-corrected chi connectivity index (χ4v) is 1.80. The molecule has 0 aliphatic heterocycles. The van der Waals surface area contributed by atoms with E-state index in [4.69, 9.17) is 16.3 Å². The zero-order chi connectivity index (χ0) is 13.7. The summed E-state index contributed by atoms with van der Waals surface area (Å²) in [7, 11) is 1.55. The molecule has 0 spiro atoms. The normalized spacial score (nSPS) is 12.2. The van der Waals surface area contributed by atoms with Crippen LogP contribution in [0.5, 0.6) is 0 Å². The number of amides is 1. The molecule has 1 amide bonds. The lowest BCUT2D eigenvalue weighted by atomic mass is 10.3. The van der Waals surface area contributed by atoms with Crippen LogP contribution < -0.4 is 10.9 Å². The molecule has 100 valence electrons. The second kappa shape index (κ2) is 6.51. The number of ether oxygens (including phenoxy) is 1. The zero-order valence-electron chi connectivity index (χ0n) is 10.6. The molecule has 1 N–H and O–H groups in total. The lowest BCUT2D eigenvalue weighted by Gasteiger charge is -2.16. The average molecular weight is 274 g/mol. The number of aromatic nitrogens is 2. The highest BCUT2D eigenvalue weighted by atomic mass is 35.5. The third-order valence-corrected chi connectivity index (χ3v) is 2.66. The Kier molecular flexibility index (Phi) is 5.30. The van der Waals surface area contributed by atoms with Crippen LogP contribution in [0.15, 0.2) is 10.9 Å². The number of carbonyl (C=O) groups is 1. The second-order valence-corrected chi connectivity index (χ2v) is 4.18. The Balaban J connectivity index is 2.87. The summed E-state index contributed by atoms with van der Waals surface area (Å²) >= 11 is 5.67. The van der Waals surface area contributed by atoms with E-state index in [0.29, 0.717) is 19.0 Å². The minimum atomic E-state index is -0.640. The van der Waals surface area contributed by atoms with Gasteiger partial charge in [-0.1, -0.05) is 11.6 Å². The third kappa shape index (κ3) is 3.54. The van der Waals surface area contributed by atoms with Gasteiger partial charge in [0, 0.05) is 19.7 Å². The van der Waals surface area contributed by atoms with Crippen molar-refractivity contribution < 1.29 is 9.53 Å². The van der Waals surface area contributed by atoms with Gasteiger partial charge in [-0.25, -0.2) is 4.98 Å². The van der Waals surface area contributed by atoms with Crippen LogP contribution in [0.3, 0.4) is 0 Å². The molecule has 18 heavy (non-hydrogen) atoms. The van der Waals surface area contributed by atoms with Gasteiger partial charge in [-0.2, -0.15) is 0 Å². The zero-order valence-corrected chi connectivity index (χ0v) is 11.3. The van der Waals surface area contributed by atoms with E-state index in [9.17, 15) is 9.59 Å². The Labute approximate surface area is 110 Å². The van der Waals surface area contributed by atoms with E-state index in [2.05, 4.69) is 10.3 Å². The summed E-state index contributed by atoms with van der Waals surface area (Å²) in [5, 5.41) is 2.79. The van der Waals surface area contributed by atoms with Gasteiger partial charge in [-0.15, -0.1) is 0 Å². The molecule has 1 aromatic heterocycles. The van der Waals surface area contributed by atoms with Crippen molar-refractivity contribution in [3.05, 3.63) is 27.4 Å². The SMILES string of the molecule is COCCNC(=O)C(C)n1c(C)nc(Cl)cc1=O. The Hall–Kier alpha value is -1.40. The van der Waals surface area contributed by atoms with Crippen molar-refractivity contribution in [2.75, 3.05) is 20.3 Å². The van der Waals surface area contributed by atoms with E-state index in [1.165, 1.54) is 10.6 Å². The van der Waals surface area contributed by atoms with Crippen molar-refractivity contribution in [3.63, 3.8) is 0 Å². The highest BCUT2D eigenvalue weighted by molar-refractivity contribution is 6.29. The molecule has 1 aromatic rings. The summed E-state index contributed by atoms with van der Waals surface area (Å²) in [4.78, 5) is 27.5. The van der Waals surface area contributed by atoms with Crippen molar-refractivity contribution in [3.8, 4) is 0 Å². The minimum absolute atomic E-state index is 0.126. The molecule has 0 saturated heterocycles. The lowest BCUT2D eigenvalue weighted by Crippen LogP contribution is -2.38. The van der Waals surface area contributed by atoms with Crippen LogP contribution in [0.4, 0.5) is 0 Å². The first-order chi connectivity index (χ1) is 8.47. The predicted molar refractivity (Wildman–Crippen MR) is 67.8 cm³/mol. The molecule has 7 heteroatoms. The summed E-state index contributed by atoms with van der Waals surface area (Å²) in [6.45, 7) is 4.08. The molecular formula is C11H16ClN3O3. The quantitative estimate of drug-likeness (QED) is 0.627. The monoisotopic (exact) mass is 273 g/mol. The summed E-state index contributed by atoms with van der Waals surface area (Å²) in [6, 6.07) is 0.548. The van der Waals surface area contributed by atoms with Gasteiger partial charge in [0.1, 0.15) is 17.0 Å².